The zero-order chi connectivity index (χ0) is 20.1. The Morgan fingerprint density at radius 3 is 2.25 bits per heavy atom. The van der Waals surface area contributed by atoms with Gasteiger partial charge in [0.25, 0.3) is 0 Å². The number of rotatable bonds is 6. The van der Waals surface area contributed by atoms with Gasteiger partial charge in [-0.3, -0.25) is 0 Å². The zero-order valence-electron chi connectivity index (χ0n) is 16.7. The minimum Gasteiger partial charge on any atom is -0.382 e. The molecule has 0 radical (unpaired) electrons. The Balaban J connectivity index is 1.59. The number of halogens is 3. The van der Waals surface area contributed by atoms with E-state index in [1.54, 1.807) is 24.3 Å². The van der Waals surface area contributed by atoms with Crippen molar-refractivity contribution in [1.82, 2.24) is 4.90 Å². The van der Waals surface area contributed by atoms with Crippen LogP contribution in [0.5, 0.6) is 0 Å². The predicted octanol–water partition coefficient (Wildman–Crippen LogP) is 6.46. The Morgan fingerprint density at radius 1 is 1.00 bits per heavy atom. The van der Waals surface area contributed by atoms with Crippen LogP contribution < -0.4 is 5.32 Å². The summed E-state index contributed by atoms with van der Waals surface area (Å²) in [6, 6.07) is 7.71. The van der Waals surface area contributed by atoms with E-state index in [0.29, 0.717) is 18.0 Å². The van der Waals surface area contributed by atoms with Crippen LogP contribution >= 0.6 is 12.6 Å². The highest BCUT2D eigenvalue weighted by Gasteiger charge is 2.38. The van der Waals surface area contributed by atoms with Crippen molar-refractivity contribution >= 4 is 18.3 Å². The lowest BCUT2D eigenvalue weighted by Crippen LogP contribution is -2.43. The fraction of sp³-hybridized carbons (Fsp3) is 0.727. The van der Waals surface area contributed by atoms with E-state index in [-0.39, 0.29) is 5.56 Å². The van der Waals surface area contributed by atoms with E-state index in [4.69, 9.17) is 0 Å². The zero-order valence-corrected chi connectivity index (χ0v) is 17.6. The van der Waals surface area contributed by atoms with Crippen LogP contribution in [-0.4, -0.2) is 36.8 Å². The molecule has 0 aromatic heterocycles. The maximum atomic E-state index is 12.8. The highest BCUT2D eigenvalue weighted by atomic mass is 32.1. The molecule has 6 heteroatoms. The molecule has 2 fully saturated rings. The molecule has 0 aliphatic heterocycles. The van der Waals surface area contributed by atoms with Crippen LogP contribution in [0.3, 0.4) is 0 Å². The molecular weight excluding hydrogens is 381 g/mol. The number of benzene rings is 1. The quantitative estimate of drug-likeness (QED) is 0.520. The van der Waals surface area contributed by atoms with Gasteiger partial charge < -0.3 is 10.2 Å². The average Bonchev–Trinajstić information content (AvgIpc) is 2.69. The molecule has 0 saturated heterocycles. The van der Waals surface area contributed by atoms with Crippen LogP contribution in [0.1, 0.15) is 68.6 Å². The molecule has 28 heavy (non-hydrogen) atoms. The Bertz CT molecular complexity index is 599. The SMILES string of the molecule is CN(CC1CCCCC1Nc1ccc(C(S)C(F)(F)F)cc1)C1CCCCC1. The Labute approximate surface area is 172 Å². The lowest BCUT2D eigenvalue weighted by atomic mass is 9.83. The summed E-state index contributed by atoms with van der Waals surface area (Å²) in [4.78, 5) is 2.56. The first kappa shape index (κ1) is 21.8. The number of thiol groups is 1. The third-order valence-corrected chi connectivity index (χ3v) is 7.11. The Morgan fingerprint density at radius 2 is 1.61 bits per heavy atom. The molecule has 1 N–H and O–H groups in total. The Hall–Kier alpha value is -0.880. The van der Waals surface area contributed by atoms with Gasteiger partial charge in [0.2, 0.25) is 0 Å². The van der Waals surface area contributed by atoms with Crippen molar-refractivity contribution in [1.29, 1.82) is 0 Å². The molecule has 158 valence electrons. The largest absolute Gasteiger partial charge is 0.404 e. The summed E-state index contributed by atoms with van der Waals surface area (Å²) in [5.74, 6) is 0.591. The van der Waals surface area contributed by atoms with Gasteiger partial charge in [-0.2, -0.15) is 25.8 Å². The summed E-state index contributed by atoms with van der Waals surface area (Å²) < 4.78 is 38.5. The summed E-state index contributed by atoms with van der Waals surface area (Å²) in [5, 5.41) is 1.88. The lowest BCUT2D eigenvalue weighted by Gasteiger charge is -2.39. The third kappa shape index (κ3) is 5.82. The molecule has 0 spiro atoms. The normalized spacial score (nSPS) is 25.6. The molecule has 0 bridgehead atoms. The minimum absolute atomic E-state index is 0.193. The van der Waals surface area contributed by atoms with E-state index < -0.39 is 11.4 Å². The first-order chi connectivity index (χ1) is 13.3. The van der Waals surface area contributed by atoms with E-state index in [0.717, 1.165) is 18.7 Å². The van der Waals surface area contributed by atoms with Crippen molar-refractivity contribution in [2.45, 2.75) is 81.3 Å². The molecule has 3 unspecified atom stereocenters. The molecular formula is C22H33F3N2S. The smallest absolute Gasteiger partial charge is 0.382 e. The number of alkyl halides is 3. The van der Waals surface area contributed by atoms with Crippen LogP contribution in [0.2, 0.25) is 0 Å². The summed E-state index contributed by atoms with van der Waals surface area (Å²) >= 11 is 3.72. The maximum Gasteiger partial charge on any atom is 0.404 e. The van der Waals surface area contributed by atoms with Gasteiger partial charge in [-0.15, -0.1) is 0 Å². The number of hydrogen-bond donors (Lipinski definition) is 2. The van der Waals surface area contributed by atoms with Crippen LogP contribution in [-0.2, 0) is 0 Å². The van der Waals surface area contributed by atoms with E-state index in [1.807, 2.05) is 0 Å². The highest BCUT2D eigenvalue weighted by Crippen LogP contribution is 2.38. The molecule has 3 rings (SSSR count). The fourth-order valence-corrected chi connectivity index (χ4v) is 4.99. The van der Waals surface area contributed by atoms with Crippen LogP contribution in [0.15, 0.2) is 24.3 Å². The summed E-state index contributed by atoms with van der Waals surface area (Å²) in [6.45, 7) is 1.10. The van der Waals surface area contributed by atoms with Gasteiger partial charge in [0.05, 0.1) is 0 Å². The second-order valence-electron chi connectivity index (χ2n) is 8.59. The van der Waals surface area contributed by atoms with Crippen molar-refractivity contribution in [3.8, 4) is 0 Å². The van der Waals surface area contributed by atoms with Gasteiger partial charge in [-0.25, -0.2) is 0 Å². The van der Waals surface area contributed by atoms with Gasteiger partial charge >= 0.3 is 6.18 Å². The third-order valence-electron chi connectivity index (χ3n) is 6.52. The molecule has 2 aliphatic rings. The van der Waals surface area contributed by atoms with Crippen LogP contribution in [0.4, 0.5) is 18.9 Å². The first-order valence-electron chi connectivity index (χ1n) is 10.7. The van der Waals surface area contributed by atoms with Crippen molar-refractivity contribution in [3.05, 3.63) is 29.8 Å². The summed E-state index contributed by atoms with van der Waals surface area (Å²) in [5.41, 5.74) is 1.10. The Kier molecular flexibility index (Phi) is 7.60. The molecule has 1 aromatic carbocycles. The van der Waals surface area contributed by atoms with Crippen molar-refractivity contribution < 1.29 is 13.2 Å². The number of hydrogen-bond acceptors (Lipinski definition) is 3. The second-order valence-corrected chi connectivity index (χ2v) is 9.11. The van der Waals surface area contributed by atoms with Gasteiger partial charge in [0.1, 0.15) is 5.25 Å². The van der Waals surface area contributed by atoms with Crippen molar-refractivity contribution in [2.75, 3.05) is 18.9 Å². The molecule has 2 aliphatic carbocycles. The van der Waals surface area contributed by atoms with E-state index in [9.17, 15) is 13.2 Å². The molecule has 0 heterocycles. The lowest BCUT2D eigenvalue weighted by molar-refractivity contribution is -0.129. The number of anilines is 1. The summed E-state index contributed by atoms with van der Waals surface area (Å²) in [7, 11) is 2.26. The van der Waals surface area contributed by atoms with Gasteiger partial charge in [-0.1, -0.05) is 44.2 Å². The van der Waals surface area contributed by atoms with Gasteiger partial charge in [0, 0.05) is 24.3 Å². The molecule has 0 amide bonds. The topological polar surface area (TPSA) is 15.3 Å². The van der Waals surface area contributed by atoms with Crippen molar-refractivity contribution in [2.24, 2.45) is 5.92 Å². The molecule has 3 atom stereocenters. The maximum absolute atomic E-state index is 12.8. The fourth-order valence-electron chi connectivity index (χ4n) is 4.82. The van der Waals surface area contributed by atoms with Gasteiger partial charge in [-0.05, 0) is 56.3 Å². The second kappa shape index (κ2) is 9.75. The standard InChI is InChI=1S/C22H33F3N2S/c1-27(19-8-3-2-4-9-19)15-17-7-5-6-10-20(17)26-18-13-11-16(12-14-18)21(28)22(23,24)25/h11-14,17,19-21,26,28H,2-10,15H2,1H3. The first-order valence-corrected chi connectivity index (χ1v) is 11.2. The van der Waals surface area contributed by atoms with Crippen LogP contribution in [0.25, 0.3) is 0 Å². The molecule has 2 nitrogen and oxygen atoms in total. The number of nitrogens with one attached hydrogen (secondary N) is 1. The number of nitrogens with zero attached hydrogens (tertiary/aromatic N) is 1. The van der Waals surface area contributed by atoms with Gasteiger partial charge in [0.15, 0.2) is 0 Å². The molecule has 1 aromatic rings. The van der Waals surface area contributed by atoms with E-state index in [1.165, 1.54) is 51.4 Å². The summed E-state index contributed by atoms with van der Waals surface area (Å²) in [6.07, 6.45) is 7.20. The van der Waals surface area contributed by atoms with E-state index >= 15 is 0 Å². The van der Waals surface area contributed by atoms with Crippen LogP contribution in [0, 0.1) is 5.92 Å². The molecule has 2 saturated carbocycles. The monoisotopic (exact) mass is 414 g/mol. The highest BCUT2D eigenvalue weighted by molar-refractivity contribution is 7.80. The van der Waals surface area contributed by atoms with Crippen molar-refractivity contribution in [3.63, 3.8) is 0 Å². The average molecular weight is 415 g/mol. The minimum atomic E-state index is -4.32. The van der Waals surface area contributed by atoms with E-state index in [2.05, 4.69) is 29.9 Å². The predicted molar refractivity (Wildman–Crippen MR) is 113 cm³/mol.